The van der Waals surface area contributed by atoms with Gasteiger partial charge >= 0.3 is 0 Å². The van der Waals surface area contributed by atoms with E-state index in [0.29, 0.717) is 16.7 Å². The molecule has 1 aliphatic rings. The van der Waals surface area contributed by atoms with Crippen molar-refractivity contribution in [3.8, 4) is 0 Å². The monoisotopic (exact) mass is 296 g/mol. The molecule has 5 nitrogen and oxygen atoms in total. The van der Waals surface area contributed by atoms with Crippen LogP contribution in [0.3, 0.4) is 0 Å². The summed E-state index contributed by atoms with van der Waals surface area (Å²) in [6.45, 7) is 4.25. The van der Waals surface area contributed by atoms with Crippen LogP contribution in [0, 0.1) is 22.0 Å². The number of hydrogen-bond donors (Lipinski definition) is 1. The number of nitrogens with zero attached hydrogens (tertiary/aromatic N) is 1. The van der Waals surface area contributed by atoms with Gasteiger partial charge in [0.2, 0.25) is 0 Å². The van der Waals surface area contributed by atoms with Crippen LogP contribution in [-0.2, 0) is 10.8 Å². The molecule has 2 N–H and O–H groups in total. The molecule has 0 radical (unpaired) electrons. The van der Waals surface area contributed by atoms with Crippen molar-refractivity contribution < 1.29 is 9.13 Å². The summed E-state index contributed by atoms with van der Waals surface area (Å²) in [5.41, 5.74) is 6.19. The van der Waals surface area contributed by atoms with Crippen LogP contribution < -0.4 is 5.73 Å². The Morgan fingerprint density at radius 3 is 2.35 bits per heavy atom. The van der Waals surface area contributed by atoms with Gasteiger partial charge in [-0.05, 0) is 36.8 Å². The number of nitro groups is 1. The van der Waals surface area contributed by atoms with E-state index >= 15 is 0 Å². The summed E-state index contributed by atoms with van der Waals surface area (Å²) < 4.78 is 12.7. The molecule has 2 rings (SSSR count). The number of benzene rings is 1. The molecule has 0 amide bonds. The lowest BCUT2D eigenvalue weighted by Crippen LogP contribution is -2.47. The number of hydrogen-bond acceptors (Lipinski definition) is 4. The fraction of sp³-hybridized carbons (Fsp3) is 0.571. The van der Waals surface area contributed by atoms with Gasteiger partial charge in [0.15, 0.2) is 0 Å². The lowest BCUT2D eigenvalue weighted by Gasteiger charge is -2.36. The molecule has 5 atom stereocenters. The first-order valence-electron chi connectivity index (χ1n) is 6.80. The molecule has 110 valence electrons. The van der Waals surface area contributed by atoms with E-state index in [-0.39, 0.29) is 17.0 Å². The first-order valence-corrected chi connectivity index (χ1v) is 8.02. The first kappa shape index (κ1) is 15.1. The van der Waals surface area contributed by atoms with Gasteiger partial charge in [0.1, 0.15) is 0 Å². The van der Waals surface area contributed by atoms with E-state index in [0.717, 1.165) is 12.8 Å². The topological polar surface area (TPSA) is 86.2 Å². The van der Waals surface area contributed by atoms with Gasteiger partial charge < -0.3 is 5.73 Å². The summed E-state index contributed by atoms with van der Waals surface area (Å²) in [6.07, 6.45) is 1.91. The maximum Gasteiger partial charge on any atom is 0.269 e. The third-order valence-electron chi connectivity index (χ3n) is 3.96. The second-order valence-corrected chi connectivity index (χ2v) is 7.34. The van der Waals surface area contributed by atoms with Crippen LogP contribution in [0.1, 0.15) is 26.7 Å². The van der Waals surface area contributed by atoms with E-state index in [2.05, 4.69) is 13.8 Å². The molecule has 6 heteroatoms. The van der Waals surface area contributed by atoms with E-state index in [1.165, 1.54) is 12.1 Å². The lowest BCUT2D eigenvalue weighted by atomic mass is 9.80. The molecule has 1 fully saturated rings. The zero-order valence-corrected chi connectivity index (χ0v) is 12.5. The predicted octanol–water partition coefficient (Wildman–Crippen LogP) is 2.46. The van der Waals surface area contributed by atoms with Gasteiger partial charge in [-0.3, -0.25) is 14.3 Å². The maximum atomic E-state index is 12.7. The summed E-state index contributed by atoms with van der Waals surface area (Å²) in [5, 5.41) is 10.6. The van der Waals surface area contributed by atoms with Crippen LogP contribution in [0.2, 0.25) is 0 Å². The fourth-order valence-corrected chi connectivity index (χ4v) is 4.79. The predicted molar refractivity (Wildman–Crippen MR) is 78.8 cm³/mol. The quantitative estimate of drug-likeness (QED) is 0.685. The van der Waals surface area contributed by atoms with Gasteiger partial charge in [0, 0.05) is 23.1 Å². The van der Waals surface area contributed by atoms with Crippen LogP contribution in [0.15, 0.2) is 29.2 Å². The van der Waals surface area contributed by atoms with Gasteiger partial charge in [0.25, 0.3) is 5.69 Å². The summed E-state index contributed by atoms with van der Waals surface area (Å²) in [4.78, 5) is 10.8. The number of non-ortho nitro benzene ring substituents is 1. The molecular weight excluding hydrogens is 276 g/mol. The van der Waals surface area contributed by atoms with Crippen molar-refractivity contribution in [1.29, 1.82) is 0 Å². The number of nitrogens with two attached hydrogens (primary N) is 1. The Bertz CT molecular complexity index is 506. The van der Waals surface area contributed by atoms with Crippen molar-refractivity contribution in [3.63, 3.8) is 0 Å². The Morgan fingerprint density at radius 1 is 1.25 bits per heavy atom. The van der Waals surface area contributed by atoms with Crippen LogP contribution >= 0.6 is 0 Å². The molecule has 0 aliphatic heterocycles. The van der Waals surface area contributed by atoms with Crippen molar-refractivity contribution in [2.75, 3.05) is 0 Å². The maximum absolute atomic E-state index is 12.7. The second kappa shape index (κ2) is 6.01. The number of nitro benzene ring substituents is 1. The van der Waals surface area contributed by atoms with E-state index in [4.69, 9.17) is 5.73 Å². The highest BCUT2D eigenvalue weighted by atomic mass is 32.2. The number of rotatable bonds is 3. The standard InChI is InChI=1S/C14H20N2O3S/c1-9-7-10(2)14(13(15)8-9)20(19)12-5-3-11(4-6-12)16(17)18/h3-6,9-10,13-14H,7-8,15H2,1-2H3. The minimum Gasteiger partial charge on any atom is -0.327 e. The van der Waals surface area contributed by atoms with Crippen molar-refractivity contribution in [3.05, 3.63) is 34.4 Å². The van der Waals surface area contributed by atoms with E-state index < -0.39 is 15.7 Å². The van der Waals surface area contributed by atoms with Gasteiger partial charge in [-0.25, -0.2) is 0 Å². The van der Waals surface area contributed by atoms with Gasteiger partial charge in [0.05, 0.1) is 21.0 Å². The van der Waals surface area contributed by atoms with Crippen molar-refractivity contribution in [2.24, 2.45) is 17.6 Å². The van der Waals surface area contributed by atoms with Crippen LogP contribution in [0.25, 0.3) is 0 Å². The third kappa shape index (κ3) is 3.07. The smallest absolute Gasteiger partial charge is 0.269 e. The lowest BCUT2D eigenvalue weighted by molar-refractivity contribution is -0.384. The Balaban J connectivity index is 2.20. The molecule has 5 unspecified atom stereocenters. The third-order valence-corrected chi connectivity index (χ3v) is 6.00. The SMILES string of the molecule is CC1CC(C)C(S(=O)c2ccc([N+](=O)[O-])cc2)C(N)C1. The van der Waals surface area contributed by atoms with E-state index in [1.54, 1.807) is 12.1 Å². The largest absolute Gasteiger partial charge is 0.327 e. The molecule has 0 bridgehead atoms. The Labute approximate surface area is 121 Å². The Kier molecular flexibility index (Phi) is 4.55. The Hall–Kier alpha value is -1.27. The van der Waals surface area contributed by atoms with Crippen LogP contribution in [0.5, 0.6) is 0 Å². The summed E-state index contributed by atoms with van der Waals surface area (Å²) in [5.74, 6) is 0.856. The van der Waals surface area contributed by atoms with Crippen molar-refractivity contribution >= 4 is 16.5 Å². The van der Waals surface area contributed by atoms with E-state index in [1.807, 2.05) is 0 Å². The van der Waals surface area contributed by atoms with Gasteiger partial charge in [-0.15, -0.1) is 0 Å². The van der Waals surface area contributed by atoms with Crippen LogP contribution in [-0.4, -0.2) is 20.4 Å². The first-order chi connectivity index (χ1) is 9.40. The van der Waals surface area contributed by atoms with Gasteiger partial charge in [-0.1, -0.05) is 13.8 Å². The minimum atomic E-state index is -1.21. The highest BCUT2D eigenvalue weighted by Crippen LogP contribution is 2.33. The fourth-order valence-electron chi connectivity index (χ4n) is 3.11. The van der Waals surface area contributed by atoms with Crippen molar-refractivity contribution in [2.45, 2.75) is 42.9 Å². The molecule has 20 heavy (non-hydrogen) atoms. The molecule has 1 aliphatic carbocycles. The normalized spacial score (nSPS) is 31.8. The average Bonchev–Trinajstić information content (AvgIpc) is 2.37. The van der Waals surface area contributed by atoms with Crippen LogP contribution in [0.4, 0.5) is 5.69 Å². The summed E-state index contributed by atoms with van der Waals surface area (Å²) in [7, 11) is -1.21. The molecule has 1 aromatic carbocycles. The highest BCUT2D eigenvalue weighted by Gasteiger charge is 2.36. The molecule has 0 heterocycles. The summed E-state index contributed by atoms with van der Waals surface area (Å²) in [6, 6.07) is 5.87. The molecule has 0 spiro atoms. The Morgan fingerprint density at radius 2 is 1.85 bits per heavy atom. The van der Waals surface area contributed by atoms with Gasteiger partial charge in [-0.2, -0.15) is 0 Å². The molecule has 1 aromatic rings. The van der Waals surface area contributed by atoms with E-state index in [9.17, 15) is 14.3 Å². The molecule has 0 saturated heterocycles. The minimum absolute atomic E-state index is 0.0142. The highest BCUT2D eigenvalue weighted by molar-refractivity contribution is 7.85. The molecule has 0 aromatic heterocycles. The van der Waals surface area contributed by atoms with Crippen molar-refractivity contribution in [1.82, 2.24) is 0 Å². The molecule has 1 saturated carbocycles. The molecular formula is C14H20N2O3S. The zero-order chi connectivity index (χ0) is 14.9. The zero-order valence-electron chi connectivity index (χ0n) is 11.7. The second-order valence-electron chi connectivity index (χ2n) is 5.73. The summed E-state index contributed by atoms with van der Waals surface area (Å²) >= 11 is 0. The average molecular weight is 296 g/mol.